The van der Waals surface area contributed by atoms with E-state index in [1.807, 2.05) is 0 Å². The van der Waals surface area contributed by atoms with Crippen LogP contribution in [0.5, 0.6) is 0 Å². The first-order valence-corrected chi connectivity index (χ1v) is 6.10. The lowest BCUT2D eigenvalue weighted by Crippen LogP contribution is -2.12. The molecule has 2 rings (SSSR count). The van der Waals surface area contributed by atoms with Crippen LogP contribution in [0.25, 0.3) is 0 Å². The van der Waals surface area contributed by atoms with E-state index in [0.29, 0.717) is 17.2 Å². The third-order valence-electron chi connectivity index (χ3n) is 2.10. The normalized spacial score (nSPS) is 10.1. The Morgan fingerprint density at radius 3 is 2.72 bits per heavy atom. The van der Waals surface area contributed by atoms with Crippen LogP contribution in [-0.2, 0) is 0 Å². The number of hydrogen-bond acceptors (Lipinski definition) is 4. The van der Waals surface area contributed by atoms with Crippen molar-refractivity contribution < 1.29 is 4.39 Å². The minimum absolute atomic E-state index is 0.169. The molecule has 0 fully saturated rings. The van der Waals surface area contributed by atoms with Crippen molar-refractivity contribution >= 4 is 44.6 Å². The Hall–Kier alpha value is -1.60. The summed E-state index contributed by atoms with van der Waals surface area (Å²) in [5.41, 5.74) is 6.13. The van der Waals surface area contributed by atoms with E-state index in [0.717, 1.165) is 4.47 Å². The zero-order valence-electron chi connectivity index (χ0n) is 9.02. The first-order valence-electron chi connectivity index (χ1n) is 4.90. The SMILES string of the molecule is NC(=S)c1cnc(Nc2cc(Br)ccc2F)cn1. The summed E-state index contributed by atoms with van der Waals surface area (Å²) in [5.74, 6) is 0.0328. The molecule has 2 aromatic rings. The van der Waals surface area contributed by atoms with Gasteiger partial charge >= 0.3 is 0 Å². The monoisotopic (exact) mass is 326 g/mol. The largest absolute Gasteiger partial charge is 0.388 e. The van der Waals surface area contributed by atoms with Crippen LogP contribution in [0.1, 0.15) is 5.69 Å². The molecule has 0 radical (unpaired) electrons. The van der Waals surface area contributed by atoms with Crippen molar-refractivity contribution in [3.05, 3.63) is 46.6 Å². The fraction of sp³-hybridized carbons (Fsp3) is 0. The lowest BCUT2D eigenvalue weighted by molar-refractivity contribution is 0.631. The number of halogens is 2. The van der Waals surface area contributed by atoms with Crippen molar-refractivity contribution in [1.29, 1.82) is 0 Å². The summed E-state index contributed by atoms with van der Waals surface area (Å²) in [5, 5.41) is 2.82. The van der Waals surface area contributed by atoms with Crippen LogP contribution >= 0.6 is 28.1 Å². The number of rotatable bonds is 3. The average Bonchev–Trinajstić information content (AvgIpc) is 2.34. The van der Waals surface area contributed by atoms with Crippen molar-refractivity contribution in [2.45, 2.75) is 0 Å². The molecular formula is C11H8BrFN4S. The number of hydrogen-bond donors (Lipinski definition) is 2. The summed E-state index contributed by atoms with van der Waals surface area (Å²) < 4.78 is 14.3. The second kappa shape index (κ2) is 5.36. The van der Waals surface area contributed by atoms with E-state index in [4.69, 9.17) is 18.0 Å². The second-order valence-corrected chi connectivity index (χ2v) is 4.76. The molecule has 1 aromatic heterocycles. The Morgan fingerprint density at radius 2 is 2.11 bits per heavy atom. The summed E-state index contributed by atoms with van der Waals surface area (Å²) in [6.07, 6.45) is 2.87. The summed E-state index contributed by atoms with van der Waals surface area (Å²) in [4.78, 5) is 8.21. The summed E-state index contributed by atoms with van der Waals surface area (Å²) in [6, 6.07) is 4.57. The Bertz CT molecular complexity index is 588. The minimum Gasteiger partial charge on any atom is -0.388 e. The molecule has 0 saturated carbocycles. The third-order valence-corrected chi connectivity index (χ3v) is 2.80. The highest BCUT2D eigenvalue weighted by molar-refractivity contribution is 9.10. The minimum atomic E-state index is -0.376. The summed E-state index contributed by atoms with van der Waals surface area (Å²) in [6.45, 7) is 0. The van der Waals surface area contributed by atoms with E-state index >= 15 is 0 Å². The van der Waals surface area contributed by atoms with Gasteiger partial charge in [0.1, 0.15) is 22.3 Å². The zero-order chi connectivity index (χ0) is 13.1. The molecule has 1 heterocycles. The molecule has 1 aromatic carbocycles. The molecular weight excluding hydrogens is 319 g/mol. The van der Waals surface area contributed by atoms with E-state index in [1.54, 1.807) is 12.1 Å². The Kier molecular flexibility index (Phi) is 3.83. The predicted molar refractivity (Wildman–Crippen MR) is 75.3 cm³/mol. The number of nitrogens with one attached hydrogen (secondary N) is 1. The highest BCUT2D eigenvalue weighted by Crippen LogP contribution is 2.22. The molecule has 0 bridgehead atoms. The molecule has 0 aliphatic heterocycles. The van der Waals surface area contributed by atoms with Crippen molar-refractivity contribution in [1.82, 2.24) is 9.97 Å². The molecule has 3 N–H and O–H groups in total. The van der Waals surface area contributed by atoms with Crippen LogP contribution in [0.2, 0.25) is 0 Å². The van der Waals surface area contributed by atoms with Gasteiger partial charge in [0.2, 0.25) is 0 Å². The topological polar surface area (TPSA) is 63.8 Å². The van der Waals surface area contributed by atoms with Gasteiger partial charge in [-0.05, 0) is 18.2 Å². The Balaban J connectivity index is 2.23. The third kappa shape index (κ3) is 2.99. The maximum Gasteiger partial charge on any atom is 0.148 e. The van der Waals surface area contributed by atoms with E-state index in [9.17, 15) is 4.39 Å². The summed E-state index contributed by atoms with van der Waals surface area (Å²) >= 11 is 8.03. The van der Waals surface area contributed by atoms with Gasteiger partial charge in [0, 0.05) is 4.47 Å². The number of nitrogens with zero attached hydrogens (tertiary/aromatic N) is 2. The van der Waals surface area contributed by atoms with Crippen molar-refractivity contribution in [3.63, 3.8) is 0 Å². The van der Waals surface area contributed by atoms with Gasteiger partial charge in [-0.3, -0.25) is 0 Å². The molecule has 0 aliphatic rings. The molecule has 7 heteroatoms. The van der Waals surface area contributed by atoms with E-state index in [1.165, 1.54) is 18.5 Å². The Labute approximate surface area is 117 Å². The molecule has 4 nitrogen and oxygen atoms in total. The zero-order valence-corrected chi connectivity index (χ0v) is 11.4. The highest BCUT2D eigenvalue weighted by Gasteiger charge is 2.05. The van der Waals surface area contributed by atoms with Gasteiger partial charge in [-0.25, -0.2) is 14.4 Å². The molecule has 0 unspecified atom stereocenters. The molecule has 0 atom stereocenters. The number of aromatic nitrogens is 2. The maximum atomic E-state index is 13.5. The van der Waals surface area contributed by atoms with Crippen LogP contribution in [0.4, 0.5) is 15.9 Å². The molecule has 0 saturated heterocycles. The maximum absolute atomic E-state index is 13.5. The van der Waals surface area contributed by atoms with E-state index < -0.39 is 0 Å². The second-order valence-electron chi connectivity index (χ2n) is 3.40. The van der Waals surface area contributed by atoms with Gasteiger partial charge in [-0.1, -0.05) is 28.1 Å². The first kappa shape index (κ1) is 12.8. The van der Waals surface area contributed by atoms with Gasteiger partial charge < -0.3 is 11.1 Å². The van der Waals surface area contributed by atoms with Crippen LogP contribution in [-0.4, -0.2) is 15.0 Å². The molecule has 92 valence electrons. The lowest BCUT2D eigenvalue weighted by Gasteiger charge is -2.07. The first-order chi connectivity index (χ1) is 8.56. The van der Waals surface area contributed by atoms with Crippen LogP contribution in [0.15, 0.2) is 35.1 Å². The lowest BCUT2D eigenvalue weighted by atomic mass is 10.3. The van der Waals surface area contributed by atoms with Crippen molar-refractivity contribution in [3.8, 4) is 0 Å². The number of nitrogens with two attached hydrogens (primary N) is 1. The quantitative estimate of drug-likeness (QED) is 0.849. The van der Waals surface area contributed by atoms with Gasteiger partial charge in [-0.2, -0.15) is 0 Å². The highest BCUT2D eigenvalue weighted by atomic mass is 79.9. The Morgan fingerprint density at radius 1 is 1.33 bits per heavy atom. The fourth-order valence-electron chi connectivity index (χ4n) is 1.25. The molecule has 0 aliphatic carbocycles. The van der Waals surface area contributed by atoms with E-state index in [-0.39, 0.29) is 10.8 Å². The van der Waals surface area contributed by atoms with Gasteiger partial charge in [0.05, 0.1) is 18.1 Å². The van der Waals surface area contributed by atoms with Crippen LogP contribution in [0, 0.1) is 5.82 Å². The number of benzene rings is 1. The molecule has 18 heavy (non-hydrogen) atoms. The number of anilines is 2. The standard InChI is InChI=1S/C11H8BrFN4S/c12-6-1-2-7(13)8(3-6)17-10-5-15-9(4-16-10)11(14)18/h1-5H,(H2,14,18)(H,16,17). The van der Waals surface area contributed by atoms with Crippen LogP contribution < -0.4 is 11.1 Å². The van der Waals surface area contributed by atoms with Crippen LogP contribution in [0.3, 0.4) is 0 Å². The molecule has 0 spiro atoms. The van der Waals surface area contributed by atoms with Crippen molar-refractivity contribution in [2.24, 2.45) is 5.73 Å². The number of thiocarbonyl (C=S) groups is 1. The van der Waals surface area contributed by atoms with Crippen molar-refractivity contribution in [2.75, 3.05) is 5.32 Å². The van der Waals surface area contributed by atoms with E-state index in [2.05, 4.69) is 31.2 Å². The van der Waals surface area contributed by atoms with Gasteiger partial charge in [-0.15, -0.1) is 0 Å². The average molecular weight is 327 g/mol. The smallest absolute Gasteiger partial charge is 0.148 e. The van der Waals surface area contributed by atoms with Gasteiger partial charge in [0.15, 0.2) is 0 Å². The predicted octanol–water partition coefficient (Wildman–Crippen LogP) is 2.76. The summed E-state index contributed by atoms with van der Waals surface area (Å²) in [7, 11) is 0. The van der Waals surface area contributed by atoms with Gasteiger partial charge in [0.25, 0.3) is 0 Å². The fourth-order valence-corrected chi connectivity index (χ4v) is 1.72. The molecule has 0 amide bonds.